The van der Waals surface area contributed by atoms with E-state index in [1.54, 1.807) is 0 Å². The quantitative estimate of drug-likeness (QED) is 0.601. The molecule has 13 heavy (non-hydrogen) atoms. The summed E-state index contributed by atoms with van der Waals surface area (Å²) in [5, 5.41) is 16.6. The first kappa shape index (κ1) is 11.0. The number of rotatable bonds is 3. The first-order chi connectivity index (χ1) is 6.17. The average molecular weight is 186 g/mol. The van der Waals surface area contributed by atoms with Crippen molar-refractivity contribution in [3.05, 3.63) is 0 Å². The van der Waals surface area contributed by atoms with Gasteiger partial charge < -0.3 is 15.7 Å². The van der Waals surface area contributed by atoms with Gasteiger partial charge in [-0.25, -0.2) is 0 Å². The van der Waals surface area contributed by atoms with E-state index < -0.39 is 5.60 Å². The standard InChI is InChI=1S/C10H22N2O/c1-10(13,8-11-2)9-6-4-3-5-7-12-9/h9,11-13H,3-8H2,1-2H3. The zero-order valence-corrected chi connectivity index (χ0v) is 8.77. The molecule has 0 amide bonds. The Morgan fingerprint density at radius 2 is 2.23 bits per heavy atom. The molecule has 0 bridgehead atoms. The summed E-state index contributed by atoms with van der Waals surface area (Å²) >= 11 is 0. The normalized spacial score (nSPS) is 29.3. The topological polar surface area (TPSA) is 44.3 Å². The van der Waals surface area contributed by atoms with E-state index in [-0.39, 0.29) is 6.04 Å². The number of nitrogens with one attached hydrogen (secondary N) is 2. The molecule has 0 aromatic rings. The summed E-state index contributed by atoms with van der Waals surface area (Å²) in [5.74, 6) is 0. The molecule has 3 N–H and O–H groups in total. The van der Waals surface area contributed by atoms with Crippen LogP contribution >= 0.6 is 0 Å². The lowest BCUT2D eigenvalue weighted by atomic mass is 9.92. The number of likely N-dealkylation sites (N-methyl/N-ethyl adjacent to an activating group) is 1. The summed E-state index contributed by atoms with van der Waals surface area (Å²) < 4.78 is 0. The fourth-order valence-electron chi connectivity index (χ4n) is 2.04. The molecule has 1 rings (SSSR count). The van der Waals surface area contributed by atoms with E-state index in [0.29, 0.717) is 6.54 Å². The molecule has 0 aromatic carbocycles. The van der Waals surface area contributed by atoms with Crippen molar-refractivity contribution in [2.45, 2.75) is 44.2 Å². The first-order valence-corrected chi connectivity index (χ1v) is 5.27. The van der Waals surface area contributed by atoms with Gasteiger partial charge in [0.15, 0.2) is 0 Å². The van der Waals surface area contributed by atoms with Crippen molar-refractivity contribution >= 4 is 0 Å². The average Bonchev–Trinajstić information content (AvgIpc) is 2.31. The monoisotopic (exact) mass is 186 g/mol. The lowest BCUT2D eigenvalue weighted by Crippen LogP contribution is -2.53. The van der Waals surface area contributed by atoms with Crippen LogP contribution in [-0.2, 0) is 0 Å². The highest BCUT2D eigenvalue weighted by Gasteiger charge is 2.30. The van der Waals surface area contributed by atoms with Crippen LogP contribution in [0.3, 0.4) is 0 Å². The van der Waals surface area contributed by atoms with Crippen LogP contribution < -0.4 is 10.6 Å². The molecule has 0 aromatic heterocycles. The molecule has 0 saturated carbocycles. The minimum absolute atomic E-state index is 0.252. The molecule has 0 radical (unpaired) electrons. The molecule has 0 aliphatic carbocycles. The van der Waals surface area contributed by atoms with Crippen LogP contribution in [0.2, 0.25) is 0 Å². The van der Waals surface area contributed by atoms with Gasteiger partial charge in [-0.3, -0.25) is 0 Å². The second kappa shape index (κ2) is 4.94. The van der Waals surface area contributed by atoms with Gasteiger partial charge in [0, 0.05) is 12.6 Å². The van der Waals surface area contributed by atoms with Crippen LogP contribution in [0.4, 0.5) is 0 Å². The van der Waals surface area contributed by atoms with E-state index in [0.717, 1.165) is 13.0 Å². The van der Waals surface area contributed by atoms with E-state index in [2.05, 4.69) is 10.6 Å². The Balaban J connectivity index is 2.46. The molecule has 1 heterocycles. The van der Waals surface area contributed by atoms with Crippen molar-refractivity contribution < 1.29 is 5.11 Å². The van der Waals surface area contributed by atoms with Gasteiger partial charge in [0.05, 0.1) is 5.60 Å². The zero-order valence-electron chi connectivity index (χ0n) is 8.77. The maximum atomic E-state index is 10.1. The fourth-order valence-corrected chi connectivity index (χ4v) is 2.04. The predicted octanol–water partition coefficient (Wildman–Crippen LogP) is 0.489. The summed E-state index contributed by atoms with van der Waals surface area (Å²) in [5.41, 5.74) is -0.612. The van der Waals surface area contributed by atoms with Crippen LogP contribution in [0, 0.1) is 0 Å². The largest absolute Gasteiger partial charge is 0.387 e. The second-order valence-corrected chi connectivity index (χ2v) is 4.24. The Bertz CT molecular complexity index is 140. The zero-order chi connectivity index (χ0) is 9.73. The minimum Gasteiger partial charge on any atom is -0.387 e. The lowest BCUT2D eigenvalue weighted by molar-refractivity contribution is 0.0201. The van der Waals surface area contributed by atoms with Gasteiger partial charge in [-0.1, -0.05) is 12.8 Å². The van der Waals surface area contributed by atoms with Crippen LogP contribution in [0.25, 0.3) is 0 Å². The first-order valence-electron chi connectivity index (χ1n) is 5.27. The molecule has 2 unspecified atom stereocenters. The third kappa shape index (κ3) is 3.25. The highest BCUT2D eigenvalue weighted by molar-refractivity contribution is 4.90. The molecule has 3 heteroatoms. The summed E-state index contributed by atoms with van der Waals surface area (Å²) in [6, 6.07) is 0.252. The Morgan fingerprint density at radius 1 is 1.46 bits per heavy atom. The molecule has 78 valence electrons. The van der Waals surface area contributed by atoms with Crippen LogP contribution in [0.1, 0.15) is 32.6 Å². The third-order valence-electron chi connectivity index (χ3n) is 2.85. The second-order valence-electron chi connectivity index (χ2n) is 4.24. The summed E-state index contributed by atoms with van der Waals surface area (Å²) in [7, 11) is 1.88. The van der Waals surface area contributed by atoms with Crippen molar-refractivity contribution in [1.29, 1.82) is 0 Å². The molecule has 1 aliphatic rings. The Labute approximate surface area is 80.9 Å². The van der Waals surface area contributed by atoms with Gasteiger partial charge in [0.1, 0.15) is 0 Å². The van der Waals surface area contributed by atoms with Crippen molar-refractivity contribution in [3.63, 3.8) is 0 Å². The van der Waals surface area contributed by atoms with Gasteiger partial charge in [-0.15, -0.1) is 0 Å². The predicted molar refractivity (Wildman–Crippen MR) is 54.8 cm³/mol. The highest BCUT2D eigenvalue weighted by Crippen LogP contribution is 2.18. The molecular weight excluding hydrogens is 164 g/mol. The number of hydrogen-bond donors (Lipinski definition) is 3. The van der Waals surface area contributed by atoms with Gasteiger partial charge in [-0.05, 0) is 33.4 Å². The summed E-state index contributed by atoms with van der Waals surface area (Å²) in [6.45, 7) is 3.61. The molecule has 2 atom stereocenters. The van der Waals surface area contributed by atoms with E-state index in [9.17, 15) is 5.11 Å². The van der Waals surface area contributed by atoms with Crippen LogP contribution in [-0.4, -0.2) is 36.9 Å². The number of hydrogen-bond acceptors (Lipinski definition) is 3. The SMILES string of the molecule is CNCC(C)(O)C1CCCCCN1. The van der Waals surface area contributed by atoms with Crippen molar-refractivity contribution in [1.82, 2.24) is 10.6 Å². The van der Waals surface area contributed by atoms with E-state index in [4.69, 9.17) is 0 Å². The fraction of sp³-hybridized carbons (Fsp3) is 1.00. The van der Waals surface area contributed by atoms with Crippen LogP contribution in [0.5, 0.6) is 0 Å². The molecule has 1 saturated heterocycles. The van der Waals surface area contributed by atoms with Crippen molar-refractivity contribution in [3.8, 4) is 0 Å². The highest BCUT2D eigenvalue weighted by atomic mass is 16.3. The summed E-state index contributed by atoms with van der Waals surface area (Å²) in [6.07, 6.45) is 4.86. The van der Waals surface area contributed by atoms with E-state index >= 15 is 0 Å². The Hall–Kier alpha value is -0.120. The molecule has 0 spiro atoms. The maximum Gasteiger partial charge on any atom is 0.0895 e. The number of aliphatic hydroxyl groups is 1. The van der Waals surface area contributed by atoms with Gasteiger partial charge in [0.25, 0.3) is 0 Å². The smallest absolute Gasteiger partial charge is 0.0895 e. The van der Waals surface area contributed by atoms with Gasteiger partial charge >= 0.3 is 0 Å². The molecule has 1 aliphatic heterocycles. The van der Waals surface area contributed by atoms with Gasteiger partial charge in [-0.2, -0.15) is 0 Å². The lowest BCUT2D eigenvalue weighted by Gasteiger charge is -2.32. The van der Waals surface area contributed by atoms with Crippen molar-refractivity contribution in [2.24, 2.45) is 0 Å². The summed E-state index contributed by atoms with van der Waals surface area (Å²) in [4.78, 5) is 0. The van der Waals surface area contributed by atoms with Crippen LogP contribution in [0.15, 0.2) is 0 Å². The third-order valence-corrected chi connectivity index (χ3v) is 2.85. The van der Waals surface area contributed by atoms with Gasteiger partial charge in [0.2, 0.25) is 0 Å². The molecule has 1 fully saturated rings. The maximum absolute atomic E-state index is 10.1. The van der Waals surface area contributed by atoms with E-state index in [1.807, 2.05) is 14.0 Å². The molecule has 3 nitrogen and oxygen atoms in total. The van der Waals surface area contributed by atoms with E-state index in [1.165, 1.54) is 19.3 Å². The minimum atomic E-state index is -0.612. The Morgan fingerprint density at radius 3 is 2.92 bits per heavy atom. The molecular formula is C10H22N2O. The van der Waals surface area contributed by atoms with Crippen molar-refractivity contribution in [2.75, 3.05) is 20.1 Å². The Kier molecular flexibility index (Phi) is 4.16.